The minimum atomic E-state index is -0.122. The summed E-state index contributed by atoms with van der Waals surface area (Å²) >= 11 is 5.98. The van der Waals surface area contributed by atoms with Crippen molar-refractivity contribution in [1.29, 1.82) is 0 Å². The highest BCUT2D eigenvalue weighted by molar-refractivity contribution is 6.30. The van der Waals surface area contributed by atoms with Crippen LogP contribution in [0.4, 0.5) is 0 Å². The molecule has 0 aliphatic carbocycles. The molecule has 1 heterocycles. The summed E-state index contributed by atoms with van der Waals surface area (Å²) in [5, 5.41) is 4.41. The third-order valence-electron chi connectivity index (χ3n) is 4.21. The molecule has 0 spiro atoms. The van der Waals surface area contributed by atoms with Crippen molar-refractivity contribution in [1.82, 2.24) is 5.32 Å². The molecular weight excluding hydrogens is 286 g/mol. The first-order chi connectivity index (χ1) is 10.2. The van der Waals surface area contributed by atoms with Gasteiger partial charge in [-0.1, -0.05) is 30.7 Å². The van der Waals surface area contributed by atoms with Crippen LogP contribution in [0.3, 0.4) is 0 Å². The van der Waals surface area contributed by atoms with Crippen LogP contribution in [0.2, 0.25) is 5.02 Å². The number of hydrogen-bond donors (Lipinski definition) is 1. The second-order valence-corrected chi connectivity index (χ2v) is 5.99. The standard InChI is InChI=1S/C17H26ClNO2/c1-3-19-16(13-14-5-7-15(18)8-6-14)17(21-4-2)9-11-20-12-10-17/h5-8,16,19H,3-4,9-13H2,1-2H3. The van der Waals surface area contributed by atoms with E-state index < -0.39 is 0 Å². The molecule has 0 saturated carbocycles. The highest BCUT2D eigenvalue weighted by Crippen LogP contribution is 2.31. The third-order valence-corrected chi connectivity index (χ3v) is 4.46. The largest absolute Gasteiger partial charge is 0.381 e. The summed E-state index contributed by atoms with van der Waals surface area (Å²) in [6.45, 7) is 7.46. The average molecular weight is 312 g/mol. The van der Waals surface area contributed by atoms with Crippen molar-refractivity contribution >= 4 is 11.6 Å². The molecule has 2 rings (SSSR count). The first kappa shape index (κ1) is 16.8. The zero-order valence-electron chi connectivity index (χ0n) is 13.0. The summed E-state index contributed by atoms with van der Waals surface area (Å²) < 4.78 is 11.8. The lowest BCUT2D eigenvalue weighted by Crippen LogP contribution is -2.56. The lowest BCUT2D eigenvalue weighted by atomic mass is 9.82. The number of likely N-dealkylation sites (N-methyl/N-ethyl adjacent to an activating group) is 1. The van der Waals surface area contributed by atoms with Crippen molar-refractivity contribution in [2.75, 3.05) is 26.4 Å². The molecule has 0 aromatic heterocycles. The SMILES string of the molecule is CCNC(Cc1ccc(Cl)cc1)C1(OCC)CCOCC1. The molecule has 1 unspecified atom stereocenters. The Morgan fingerprint density at radius 1 is 1.24 bits per heavy atom. The molecule has 0 bridgehead atoms. The zero-order chi connectivity index (χ0) is 15.1. The molecule has 0 amide bonds. The first-order valence-corrected chi connectivity index (χ1v) is 8.27. The Balaban J connectivity index is 2.16. The van der Waals surface area contributed by atoms with Crippen LogP contribution in [-0.4, -0.2) is 38.0 Å². The summed E-state index contributed by atoms with van der Waals surface area (Å²) in [7, 11) is 0. The normalized spacial score (nSPS) is 19.4. The van der Waals surface area contributed by atoms with Crippen molar-refractivity contribution in [3.8, 4) is 0 Å². The Morgan fingerprint density at radius 3 is 2.48 bits per heavy atom. The fraction of sp³-hybridized carbons (Fsp3) is 0.647. The van der Waals surface area contributed by atoms with E-state index in [1.54, 1.807) is 0 Å². The fourth-order valence-electron chi connectivity index (χ4n) is 3.14. The van der Waals surface area contributed by atoms with Gasteiger partial charge >= 0.3 is 0 Å². The monoisotopic (exact) mass is 311 g/mol. The van der Waals surface area contributed by atoms with Crippen LogP contribution in [-0.2, 0) is 15.9 Å². The van der Waals surface area contributed by atoms with E-state index >= 15 is 0 Å². The topological polar surface area (TPSA) is 30.5 Å². The smallest absolute Gasteiger partial charge is 0.0881 e. The van der Waals surface area contributed by atoms with Crippen molar-refractivity contribution in [3.05, 3.63) is 34.9 Å². The summed E-state index contributed by atoms with van der Waals surface area (Å²) in [5.74, 6) is 0. The zero-order valence-corrected chi connectivity index (χ0v) is 13.8. The summed E-state index contributed by atoms with van der Waals surface area (Å²) in [6, 6.07) is 8.42. The second kappa shape index (κ2) is 8.14. The van der Waals surface area contributed by atoms with Crippen LogP contribution in [0.1, 0.15) is 32.3 Å². The van der Waals surface area contributed by atoms with E-state index in [-0.39, 0.29) is 5.60 Å². The summed E-state index contributed by atoms with van der Waals surface area (Å²) in [6.07, 6.45) is 2.85. The molecule has 1 aromatic carbocycles. The molecule has 1 N–H and O–H groups in total. The maximum Gasteiger partial charge on any atom is 0.0881 e. The lowest BCUT2D eigenvalue weighted by Gasteiger charge is -2.43. The van der Waals surface area contributed by atoms with Crippen LogP contribution < -0.4 is 5.32 Å². The van der Waals surface area contributed by atoms with E-state index in [0.29, 0.717) is 6.04 Å². The van der Waals surface area contributed by atoms with Gasteiger partial charge < -0.3 is 14.8 Å². The van der Waals surface area contributed by atoms with E-state index in [1.807, 2.05) is 12.1 Å². The molecule has 21 heavy (non-hydrogen) atoms. The highest BCUT2D eigenvalue weighted by atomic mass is 35.5. The first-order valence-electron chi connectivity index (χ1n) is 7.89. The fourth-order valence-corrected chi connectivity index (χ4v) is 3.27. The van der Waals surface area contributed by atoms with Crippen molar-refractivity contribution in [2.45, 2.75) is 44.8 Å². The molecule has 1 fully saturated rings. The minimum absolute atomic E-state index is 0.122. The van der Waals surface area contributed by atoms with Crippen LogP contribution >= 0.6 is 11.6 Å². The molecule has 1 aliphatic heterocycles. The molecular formula is C17H26ClNO2. The number of hydrogen-bond acceptors (Lipinski definition) is 3. The van der Waals surface area contributed by atoms with E-state index in [4.69, 9.17) is 21.1 Å². The second-order valence-electron chi connectivity index (χ2n) is 5.55. The Morgan fingerprint density at radius 2 is 1.90 bits per heavy atom. The molecule has 1 saturated heterocycles. The number of ether oxygens (including phenoxy) is 2. The van der Waals surface area contributed by atoms with E-state index in [2.05, 4.69) is 31.3 Å². The van der Waals surface area contributed by atoms with Gasteiger partial charge in [0.15, 0.2) is 0 Å². The number of benzene rings is 1. The minimum Gasteiger partial charge on any atom is -0.381 e. The lowest BCUT2D eigenvalue weighted by molar-refractivity contribution is -0.126. The van der Waals surface area contributed by atoms with E-state index in [9.17, 15) is 0 Å². The Labute approximate surface area is 133 Å². The van der Waals surface area contributed by atoms with Gasteiger partial charge in [-0.25, -0.2) is 0 Å². The van der Waals surface area contributed by atoms with Crippen molar-refractivity contribution < 1.29 is 9.47 Å². The number of rotatable bonds is 7. The number of halogens is 1. The van der Waals surface area contributed by atoms with Crippen molar-refractivity contribution in [2.24, 2.45) is 0 Å². The number of nitrogens with one attached hydrogen (secondary N) is 1. The highest BCUT2D eigenvalue weighted by Gasteiger charge is 2.40. The molecule has 0 radical (unpaired) electrons. The molecule has 3 nitrogen and oxygen atoms in total. The van der Waals surface area contributed by atoms with Gasteiger partial charge in [0.25, 0.3) is 0 Å². The van der Waals surface area contributed by atoms with Crippen LogP contribution in [0.15, 0.2) is 24.3 Å². The van der Waals surface area contributed by atoms with Gasteiger partial charge in [-0.2, -0.15) is 0 Å². The van der Waals surface area contributed by atoms with Crippen molar-refractivity contribution in [3.63, 3.8) is 0 Å². The van der Waals surface area contributed by atoms with Gasteiger partial charge in [0.2, 0.25) is 0 Å². The Hall–Kier alpha value is -0.610. The van der Waals surface area contributed by atoms with Gasteiger partial charge in [0.1, 0.15) is 0 Å². The van der Waals surface area contributed by atoms with Gasteiger partial charge in [0, 0.05) is 43.7 Å². The van der Waals surface area contributed by atoms with E-state index in [1.165, 1.54) is 5.56 Å². The Kier molecular flexibility index (Phi) is 6.49. The van der Waals surface area contributed by atoms with Gasteiger partial charge in [0.05, 0.1) is 5.60 Å². The van der Waals surface area contributed by atoms with Crippen LogP contribution in [0.5, 0.6) is 0 Å². The average Bonchev–Trinajstić information content (AvgIpc) is 2.50. The summed E-state index contributed by atoms with van der Waals surface area (Å²) in [4.78, 5) is 0. The maximum absolute atomic E-state index is 6.21. The van der Waals surface area contributed by atoms with Gasteiger partial charge in [-0.05, 0) is 37.6 Å². The van der Waals surface area contributed by atoms with Crippen LogP contribution in [0.25, 0.3) is 0 Å². The van der Waals surface area contributed by atoms with Crippen LogP contribution in [0, 0.1) is 0 Å². The predicted octanol–water partition coefficient (Wildman–Crippen LogP) is 3.45. The van der Waals surface area contributed by atoms with Gasteiger partial charge in [-0.15, -0.1) is 0 Å². The molecule has 1 aromatic rings. The Bertz CT molecular complexity index is 410. The molecule has 4 heteroatoms. The maximum atomic E-state index is 6.21. The molecule has 118 valence electrons. The van der Waals surface area contributed by atoms with Gasteiger partial charge in [-0.3, -0.25) is 0 Å². The molecule has 1 aliphatic rings. The quantitative estimate of drug-likeness (QED) is 0.836. The van der Waals surface area contributed by atoms with E-state index in [0.717, 1.165) is 50.7 Å². The third kappa shape index (κ3) is 4.43. The molecule has 1 atom stereocenters. The summed E-state index contributed by atoms with van der Waals surface area (Å²) in [5.41, 5.74) is 1.17. The predicted molar refractivity (Wildman–Crippen MR) is 87.0 cm³/mol.